The number of nitrogens with zero attached hydrogens (tertiary/aromatic N) is 1. The molecular weight excluding hydrogens is 515 g/mol. The van der Waals surface area contributed by atoms with Gasteiger partial charge in [-0.25, -0.2) is 4.79 Å². The van der Waals surface area contributed by atoms with Crippen LogP contribution in [0.5, 0.6) is 5.75 Å². The molecule has 0 bridgehead atoms. The van der Waals surface area contributed by atoms with Gasteiger partial charge in [-0.1, -0.05) is 17.7 Å². The molecule has 0 aliphatic rings. The van der Waals surface area contributed by atoms with E-state index in [4.69, 9.17) is 21.4 Å². The highest BCUT2D eigenvalue weighted by Gasteiger charge is 2.13. The third kappa shape index (κ3) is 5.83. The van der Waals surface area contributed by atoms with Crippen LogP contribution in [0, 0.1) is 18.3 Å². The summed E-state index contributed by atoms with van der Waals surface area (Å²) in [6.45, 7) is 1.34. The first-order valence-electron chi connectivity index (χ1n) is 7.74. The zero-order valence-electron chi connectivity index (χ0n) is 14.4. The number of nitriles is 1. The van der Waals surface area contributed by atoms with E-state index >= 15 is 0 Å². The fraction of sp³-hybridized carbons (Fsp3) is 0.105. The Morgan fingerprint density at radius 2 is 1.93 bits per heavy atom. The van der Waals surface area contributed by atoms with Crippen molar-refractivity contribution in [2.24, 2.45) is 0 Å². The molecule has 0 heterocycles. The number of aryl methyl sites for hydroxylation is 1. The van der Waals surface area contributed by atoms with Gasteiger partial charge in [0.25, 0.3) is 5.91 Å². The van der Waals surface area contributed by atoms with E-state index in [1.165, 1.54) is 6.08 Å². The first kappa shape index (κ1) is 22.0. The van der Waals surface area contributed by atoms with Gasteiger partial charge >= 0.3 is 5.97 Å². The molecule has 144 valence electrons. The molecule has 0 atom stereocenters. The number of amides is 1. The van der Waals surface area contributed by atoms with Crippen molar-refractivity contribution in [3.8, 4) is 11.8 Å². The van der Waals surface area contributed by atoms with E-state index in [9.17, 15) is 14.9 Å². The monoisotopic (exact) mass is 526 g/mol. The van der Waals surface area contributed by atoms with Gasteiger partial charge in [-0.05, 0) is 80.3 Å². The van der Waals surface area contributed by atoms with Crippen molar-refractivity contribution in [2.75, 3.05) is 11.9 Å². The maximum absolute atomic E-state index is 12.4. The van der Waals surface area contributed by atoms with Crippen LogP contribution in [0.25, 0.3) is 6.08 Å². The average Bonchev–Trinajstić information content (AvgIpc) is 2.61. The Labute approximate surface area is 183 Å². The topological polar surface area (TPSA) is 99.4 Å². The highest BCUT2D eigenvalue weighted by atomic mass is 79.9. The third-order valence-corrected chi connectivity index (χ3v) is 5.05. The Balaban J connectivity index is 2.25. The maximum atomic E-state index is 12.4. The van der Waals surface area contributed by atoms with Crippen molar-refractivity contribution >= 4 is 67.1 Å². The van der Waals surface area contributed by atoms with Crippen LogP contribution in [0.3, 0.4) is 0 Å². The number of benzene rings is 2. The number of halogens is 3. The first-order valence-corrected chi connectivity index (χ1v) is 9.70. The highest BCUT2D eigenvalue weighted by Crippen LogP contribution is 2.35. The second-order valence-electron chi connectivity index (χ2n) is 5.58. The molecule has 2 aromatic carbocycles. The number of ether oxygens (including phenoxy) is 1. The number of anilines is 1. The van der Waals surface area contributed by atoms with E-state index in [0.717, 1.165) is 5.56 Å². The number of carboxylic acid groups (broad SMARTS) is 1. The van der Waals surface area contributed by atoms with Crippen molar-refractivity contribution in [2.45, 2.75) is 6.92 Å². The molecule has 2 aromatic rings. The van der Waals surface area contributed by atoms with Crippen LogP contribution in [0.2, 0.25) is 5.02 Å². The Bertz CT molecular complexity index is 992. The lowest BCUT2D eigenvalue weighted by atomic mass is 10.1. The van der Waals surface area contributed by atoms with Crippen molar-refractivity contribution in [3.63, 3.8) is 0 Å². The average molecular weight is 529 g/mol. The van der Waals surface area contributed by atoms with Crippen molar-refractivity contribution in [3.05, 3.63) is 61.0 Å². The molecule has 2 N–H and O–H groups in total. The predicted octanol–water partition coefficient (Wildman–Crippen LogP) is 5.18. The molecule has 0 saturated heterocycles. The van der Waals surface area contributed by atoms with E-state index in [1.807, 2.05) is 13.0 Å². The molecule has 1 amide bonds. The van der Waals surface area contributed by atoms with Crippen LogP contribution in [0.1, 0.15) is 11.1 Å². The van der Waals surface area contributed by atoms with Gasteiger partial charge in [0.05, 0.1) is 8.95 Å². The summed E-state index contributed by atoms with van der Waals surface area (Å²) >= 11 is 12.6. The number of nitrogens with one attached hydrogen (secondary N) is 1. The SMILES string of the molecule is Cc1ccc(NC(=O)/C(C#N)=C\c2cc(Br)c(OCC(=O)O)c(Br)c2)cc1Cl. The van der Waals surface area contributed by atoms with E-state index in [2.05, 4.69) is 37.2 Å². The number of aliphatic carboxylic acids is 1. The third-order valence-electron chi connectivity index (χ3n) is 3.47. The summed E-state index contributed by atoms with van der Waals surface area (Å²) in [4.78, 5) is 23.1. The molecule has 2 rings (SSSR count). The molecule has 0 unspecified atom stereocenters. The Morgan fingerprint density at radius 3 is 2.46 bits per heavy atom. The largest absolute Gasteiger partial charge is 0.480 e. The van der Waals surface area contributed by atoms with Gasteiger partial charge in [0.15, 0.2) is 6.61 Å². The lowest BCUT2D eigenvalue weighted by Gasteiger charge is -2.10. The van der Waals surface area contributed by atoms with Crippen molar-refractivity contribution in [1.82, 2.24) is 0 Å². The minimum absolute atomic E-state index is 0.116. The summed E-state index contributed by atoms with van der Waals surface area (Å²) in [5.41, 5.74) is 1.77. The van der Waals surface area contributed by atoms with Crippen LogP contribution >= 0.6 is 43.5 Å². The van der Waals surface area contributed by atoms with E-state index < -0.39 is 18.5 Å². The zero-order valence-corrected chi connectivity index (χ0v) is 18.4. The number of carboxylic acids is 1. The molecule has 0 fully saturated rings. The second-order valence-corrected chi connectivity index (χ2v) is 7.70. The van der Waals surface area contributed by atoms with E-state index in [-0.39, 0.29) is 5.57 Å². The number of hydrogen-bond donors (Lipinski definition) is 2. The first-order chi connectivity index (χ1) is 13.2. The molecule has 0 aliphatic heterocycles. The quantitative estimate of drug-likeness (QED) is 0.398. The van der Waals surface area contributed by atoms with Gasteiger partial charge in [-0.2, -0.15) is 5.26 Å². The second kappa shape index (κ2) is 9.73. The molecular formula is C19H13Br2ClN2O4. The lowest BCUT2D eigenvalue weighted by molar-refractivity contribution is -0.139. The van der Waals surface area contributed by atoms with Crippen LogP contribution in [0.4, 0.5) is 5.69 Å². The standard InChI is InChI=1S/C19H13Br2ClN2O4/c1-10-2-3-13(7-16(10)22)24-19(27)12(8-23)4-11-5-14(20)18(15(21)6-11)28-9-17(25)26/h2-7H,9H2,1H3,(H,24,27)(H,25,26)/b12-4-. The Kier molecular flexibility index (Phi) is 7.63. The van der Waals surface area contributed by atoms with Gasteiger partial charge in [0.1, 0.15) is 17.4 Å². The molecule has 6 nitrogen and oxygen atoms in total. The fourth-order valence-electron chi connectivity index (χ4n) is 2.12. The van der Waals surface area contributed by atoms with Crippen molar-refractivity contribution < 1.29 is 19.4 Å². The summed E-state index contributed by atoms with van der Waals surface area (Å²) in [5.74, 6) is -1.39. The normalized spacial score (nSPS) is 10.9. The summed E-state index contributed by atoms with van der Waals surface area (Å²) < 4.78 is 6.13. The minimum atomic E-state index is -1.11. The van der Waals surface area contributed by atoms with E-state index in [0.29, 0.717) is 31.0 Å². The molecule has 0 saturated carbocycles. The molecule has 0 aromatic heterocycles. The molecule has 0 aliphatic carbocycles. The number of carbonyl (C=O) groups excluding carboxylic acids is 1. The van der Waals surface area contributed by atoms with Crippen LogP contribution in [0.15, 0.2) is 44.9 Å². The van der Waals surface area contributed by atoms with Gasteiger partial charge in [-0.3, -0.25) is 4.79 Å². The smallest absolute Gasteiger partial charge is 0.341 e. The minimum Gasteiger partial charge on any atom is -0.480 e. The summed E-state index contributed by atoms with van der Waals surface area (Å²) in [5, 5.41) is 21.2. The van der Waals surface area contributed by atoms with Gasteiger partial charge < -0.3 is 15.2 Å². The number of hydrogen-bond acceptors (Lipinski definition) is 4. The Hall–Kier alpha value is -2.34. The van der Waals surface area contributed by atoms with E-state index in [1.54, 1.807) is 30.3 Å². The maximum Gasteiger partial charge on any atom is 0.341 e. The predicted molar refractivity (Wildman–Crippen MR) is 113 cm³/mol. The van der Waals surface area contributed by atoms with Gasteiger partial charge in [0.2, 0.25) is 0 Å². The highest BCUT2D eigenvalue weighted by molar-refractivity contribution is 9.11. The molecule has 0 radical (unpaired) electrons. The Morgan fingerprint density at radius 1 is 1.29 bits per heavy atom. The number of carbonyl (C=O) groups is 2. The molecule has 28 heavy (non-hydrogen) atoms. The summed E-state index contributed by atoms with van der Waals surface area (Å²) in [7, 11) is 0. The van der Waals surface area contributed by atoms with Crippen LogP contribution in [-0.4, -0.2) is 23.6 Å². The lowest BCUT2D eigenvalue weighted by Crippen LogP contribution is -2.13. The molecule has 0 spiro atoms. The fourth-order valence-corrected chi connectivity index (χ4v) is 3.75. The molecule has 9 heteroatoms. The van der Waals surface area contributed by atoms with Crippen LogP contribution < -0.4 is 10.1 Å². The number of rotatable bonds is 6. The van der Waals surface area contributed by atoms with Crippen molar-refractivity contribution in [1.29, 1.82) is 5.26 Å². The summed E-state index contributed by atoms with van der Waals surface area (Å²) in [6.07, 6.45) is 1.40. The zero-order chi connectivity index (χ0) is 20.8. The van der Waals surface area contributed by atoms with Gasteiger partial charge in [0, 0.05) is 10.7 Å². The van der Waals surface area contributed by atoms with Gasteiger partial charge in [-0.15, -0.1) is 0 Å². The van der Waals surface area contributed by atoms with Crippen LogP contribution in [-0.2, 0) is 9.59 Å². The summed E-state index contributed by atoms with van der Waals surface area (Å²) in [6, 6.07) is 10.1.